The molecule has 1 aliphatic carbocycles. The number of nitrogens with one attached hydrogen (secondary N) is 1. The predicted molar refractivity (Wildman–Crippen MR) is 86.0 cm³/mol. The summed E-state index contributed by atoms with van der Waals surface area (Å²) in [4.78, 5) is 0. The average molecular weight is 366 g/mol. The van der Waals surface area contributed by atoms with E-state index in [1.165, 1.54) is 7.05 Å². The maximum Gasteiger partial charge on any atom is 0.176 e. The Morgan fingerprint density at radius 3 is 2.00 bits per heavy atom. The molecule has 0 aromatic heterocycles. The van der Waals surface area contributed by atoms with E-state index in [1.54, 1.807) is 6.92 Å². The molecule has 148 valence electrons. The van der Waals surface area contributed by atoms with Crippen LogP contribution >= 0.6 is 0 Å². The van der Waals surface area contributed by atoms with E-state index in [-0.39, 0.29) is 0 Å². The van der Waals surface area contributed by atoms with E-state index >= 15 is 0 Å². The Balaban J connectivity index is 2.18. The fraction of sp³-hybridized carbons (Fsp3) is 1.00. The lowest BCUT2D eigenvalue weighted by Crippen LogP contribution is -2.72. The van der Waals surface area contributed by atoms with E-state index in [0.29, 0.717) is 0 Å². The number of likely N-dealkylation sites (N-methyl/N-ethyl adjacent to an activating group) is 1. The largest absolute Gasteiger partial charge is 0.389 e. The zero-order valence-corrected chi connectivity index (χ0v) is 14.2. The van der Waals surface area contributed by atoms with Crippen molar-refractivity contribution in [3.63, 3.8) is 0 Å². The summed E-state index contributed by atoms with van der Waals surface area (Å²) in [6, 6.07) is -3.75. The molecule has 12 N–H and O–H groups in total. The lowest BCUT2D eigenvalue weighted by molar-refractivity contribution is -0.295. The molecule has 11 heteroatoms. The van der Waals surface area contributed by atoms with Gasteiger partial charge in [0, 0.05) is 6.04 Å². The van der Waals surface area contributed by atoms with Gasteiger partial charge in [-0.2, -0.15) is 0 Å². The van der Waals surface area contributed by atoms with Crippen molar-refractivity contribution >= 4 is 0 Å². The Hall–Kier alpha value is -0.440. The maximum absolute atomic E-state index is 10.4. The number of aliphatic hydroxyl groups excluding tert-OH is 5. The summed E-state index contributed by atoms with van der Waals surface area (Å²) in [5.41, 5.74) is 17.5. The summed E-state index contributed by atoms with van der Waals surface area (Å²) in [6.45, 7) is 1.59. The van der Waals surface area contributed by atoms with Gasteiger partial charge >= 0.3 is 0 Å². The van der Waals surface area contributed by atoms with Gasteiger partial charge in [-0.25, -0.2) is 0 Å². The number of ether oxygens (including phenoxy) is 2. The molecule has 0 radical (unpaired) electrons. The molecule has 0 aromatic carbocycles. The van der Waals surface area contributed by atoms with Gasteiger partial charge in [-0.05, 0) is 14.0 Å². The Labute approximate surface area is 145 Å². The van der Waals surface area contributed by atoms with Crippen LogP contribution in [-0.2, 0) is 9.47 Å². The lowest BCUT2D eigenvalue weighted by atomic mass is 9.81. The number of hydrogen-bond donors (Lipinski definition) is 9. The highest BCUT2D eigenvalue weighted by molar-refractivity contribution is 5.05. The first-order chi connectivity index (χ1) is 11.6. The molecule has 11 nitrogen and oxygen atoms in total. The molecule has 2 rings (SSSR count). The Morgan fingerprint density at radius 2 is 1.48 bits per heavy atom. The molecule has 1 heterocycles. The molecule has 12 atom stereocenters. The van der Waals surface area contributed by atoms with E-state index < -0.39 is 73.2 Å². The third-order valence-electron chi connectivity index (χ3n) is 5.03. The van der Waals surface area contributed by atoms with Crippen LogP contribution in [0.25, 0.3) is 0 Å². The van der Waals surface area contributed by atoms with Crippen molar-refractivity contribution in [2.75, 3.05) is 7.05 Å². The maximum atomic E-state index is 10.4. The Kier molecular flexibility index (Phi) is 6.73. The standard InChI is InChI=1S/C14H30N4O7/c1-3(15)12-11(23)8(20)5(17)14(24-12)25-13-4(16)7(19)9(21)6(18-2)10(13)22/h3-14,18-23H,15-17H2,1-2H3. The smallest absolute Gasteiger partial charge is 0.176 e. The molecule has 12 unspecified atom stereocenters. The van der Waals surface area contributed by atoms with Crippen molar-refractivity contribution in [2.45, 2.75) is 80.1 Å². The van der Waals surface area contributed by atoms with Crippen LogP contribution in [0.4, 0.5) is 0 Å². The van der Waals surface area contributed by atoms with Crippen molar-refractivity contribution in [2.24, 2.45) is 17.2 Å². The molecule has 2 fully saturated rings. The fourth-order valence-electron chi connectivity index (χ4n) is 3.40. The third kappa shape index (κ3) is 3.82. The SMILES string of the molecule is CNC1C(O)C(O)C(N)C(OC2OC(C(C)N)C(O)C(O)C2N)C1O. The summed E-state index contributed by atoms with van der Waals surface area (Å²) in [5, 5.41) is 53.3. The molecule has 1 saturated carbocycles. The van der Waals surface area contributed by atoms with Crippen LogP contribution in [0.2, 0.25) is 0 Å². The van der Waals surface area contributed by atoms with Gasteiger partial charge in [-0.3, -0.25) is 0 Å². The quantitative estimate of drug-likeness (QED) is 0.229. The van der Waals surface area contributed by atoms with Crippen LogP contribution in [0, 0.1) is 0 Å². The van der Waals surface area contributed by atoms with Gasteiger partial charge in [0.2, 0.25) is 0 Å². The van der Waals surface area contributed by atoms with Crippen molar-refractivity contribution in [1.29, 1.82) is 0 Å². The van der Waals surface area contributed by atoms with E-state index in [0.717, 1.165) is 0 Å². The van der Waals surface area contributed by atoms with Gasteiger partial charge in [-0.1, -0.05) is 0 Å². The molecule has 0 amide bonds. The van der Waals surface area contributed by atoms with Crippen LogP contribution in [0.1, 0.15) is 6.92 Å². The summed E-state index contributed by atoms with van der Waals surface area (Å²) >= 11 is 0. The van der Waals surface area contributed by atoms with Crippen molar-refractivity contribution in [1.82, 2.24) is 5.32 Å². The monoisotopic (exact) mass is 366 g/mol. The van der Waals surface area contributed by atoms with Gasteiger partial charge in [0.1, 0.15) is 24.4 Å². The van der Waals surface area contributed by atoms with Crippen molar-refractivity contribution < 1.29 is 35.0 Å². The number of nitrogens with two attached hydrogens (primary N) is 3. The van der Waals surface area contributed by atoms with Crippen molar-refractivity contribution in [3.8, 4) is 0 Å². The van der Waals surface area contributed by atoms with Crippen LogP contribution in [0.5, 0.6) is 0 Å². The molecule has 0 spiro atoms. The normalized spacial score (nSPS) is 52.8. The van der Waals surface area contributed by atoms with Gasteiger partial charge in [0.25, 0.3) is 0 Å². The summed E-state index contributed by atoms with van der Waals surface area (Å²) in [5.74, 6) is 0. The van der Waals surface area contributed by atoms with Gasteiger partial charge in [-0.15, -0.1) is 0 Å². The molecular formula is C14H30N4O7. The second-order valence-electron chi connectivity index (χ2n) is 6.85. The number of aliphatic hydroxyl groups is 5. The minimum Gasteiger partial charge on any atom is -0.389 e. The average Bonchev–Trinajstić information content (AvgIpc) is 2.56. The third-order valence-corrected chi connectivity index (χ3v) is 5.03. The van der Waals surface area contributed by atoms with Crippen LogP contribution in [0.3, 0.4) is 0 Å². The zero-order valence-electron chi connectivity index (χ0n) is 14.2. The van der Waals surface area contributed by atoms with Crippen LogP contribution in [0.15, 0.2) is 0 Å². The molecule has 1 aliphatic heterocycles. The molecule has 25 heavy (non-hydrogen) atoms. The van der Waals surface area contributed by atoms with E-state index in [2.05, 4.69) is 5.32 Å². The molecule has 2 aliphatic rings. The zero-order chi connectivity index (χ0) is 19.0. The minimum atomic E-state index is -1.36. The Bertz CT molecular complexity index is 445. The first-order valence-corrected chi connectivity index (χ1v) is 8.27. The second kappa shape index (κ2) is 8.06. The van der Waals surface area contributed by atoms with Gasteiger partial charge in [0.05, 0.1) is 36.4 Å². The van der Waals surface area contributed by atoms with Crippen molar-refractivity contribution in [3.05, 3.63) is 0 Å². The molecule has 0 bridgehead atoms. The highest BCUT2D eigenvalue weighted by Crippen LogP contribution is 2.28. The van der Waals surface area contributed by atoms with E-state index in [1.807, 2.05) is 0 Å². The summed E-state index contributed by atoms with van der Waals surface area (Å²) < 4.78 is 11.2. The summed E-state index contributed by atoms with van der Waals surface area (Å²) in [6.07, 6.45) is -9.87. The van der Waals surface area contributed by atoms with Crippen LogP contribution in [-0.4, -0.2) is 106 Å². The van der Waals surface area contributed by atoms with Gasteiger partial charge < -0.3 is 57.5 Å². The number of rotatable bonds is 4. The predicted octanol–water partition coefficient (Wildman–Crippen LogP) is -5.50. The molecule has 0 aromatic rings. The second-order valence-corrected chi connectivity index (χ2v) is 6.85. The number of hydrogen-bond acceptors (Lipinski definition) is 11. The fourth-order valence-corrected chi connectivity index (χ4v) is 3.40. The van der Waals surface area contributed by atoms with E-state index in [4.69, 9.17) is 26.7 Å². The highest BCUT2D eigenvalue weighted by atomic mass is 16.7. The Morgan fingerprint density at radius 1 is 0.920 bits per heavy atom. The van der Waals surface area contributed by atoms with Gasteiger partial charge in [0.15, 0.2) is 6.29 Å². The first kappa shape index (κ1) is 20.9. The minimum absolute atomic E-state index is 0.620. The molecule has 1 saturated heterocycles. The molecular weight excluding hydrogens is 336 g/mol. The van der Waals surface area contributed by atoms with E-state index in [9.17, 15) is 25.5 Å². The lowest BCUT2D eigenvalue weighted by Gasteiger charge is -2.48. The topological polar surface area (TPSA) is 210 Å². The highest BCUT2D eigenvalue weighted by Gasteiger charge is 2.51. The summed E-state index contributed by atoms with van der Waals surface area (Å²) in [7, 11) is 1.51. The first-order valence-electron chi connectivity index (χ1n) is 8.27. The van der Waals surface area contributed by atoms with Crippen LogP contribution < -0.4 is 22.5 Å².